The summed E-state index contributed by atoms with van der Waals surface area (Å²) in [4.78, 5) is 15.8. The molecule has 1 aromatic carbocycles. The Morgan fingerprint density at radius 2 is 1.68 bits per heavy atom. The van der Waals surface area contributed by atoms with E-state index in [1.807, 2.05) is 0 Å². The molecule has 1 amide bonds. The number of rotatable bonds is 6. The molecule has 2 rings (SSSR count). The number of carbonyl (C=O) groups excluding carboxylic acids is 1. The molecule has 0 atom stereocenters. The maximum atomic E-state index is 12.0. The lowest BCUT2D eigenvalue weighted by Crippen LogP contribution is -2.34. The van der Waals surface area contributed by atoms with Gasteiger partial charge >= 0.3 is 0 Å². The Balaban J connectivity index is 1.83. The average Bonchev–Trinajstić information content (AvgIpc) is 2.52. The number of nitrogens with zero attached hydrogens (tertiary/aromatic N) is 1. The third kappa shape index (κ3) is 4.62. The van der Waals surface area contributed by atoms with Crippen LogP contribution >= 0.6 is 15.9 Å². The number of aromatic nitrogens is 1. The number of hydrogen-bond donors (Lipinski definition) is 2. The Kier molecular flexibility index (Phi) is 5.64. The molecule has 1 aromatic heterocycles. The van der Waals surface area contributed by atoms with Crippen molar-refractivity contribution in [3.63, 3.8) is 0 Å². The van der Waals surface area contributed by atoms with E-state index in [0.29, 0.717) is 5.56 Å². The summed E-state index contributed by atoms with van der Waals surface area (Å²) in [5.41, 5.74) is 0.478. The number of hydrogen-bond acceptors (Lipinski definition) is 4. The Bertz CT molecular complexity index is 734. The zero-order valence-electron chi connectivity index (χ0n) is 11.5. The molecule has 0 spiro atoms. The predicted octanol–water partition coefficient (Wildman–Crippen LogP) is 1.55. The van der Waals surface area contributed by atoms with Crippen molar-refractivity contribution in [2.45, 2.75) is 4.90 Å². The second-order valence-corrected chi connectivity index (χ2v) is 7.03. The highest BCUT2D eigenvalue weighted by molar-refractivity contribution is 9.10. The first kappa shape index (κ1) is 16.6. The van der Waals surface area contributed by atoms with E-state index >= 15 is 0 Å². The molecular weight excluding hydrogens is 370 g/mol. The Morgan fingerprint density at radius 1 is 1.05 bits per heavy atom. The van der Waals surface area contributed by atoms with Crippen molar-refractivity contribution in [2.24, 2.45) is 0 Å². The van der Waals surface area contributed by atoms with Crippen LogP contribution in [-0.2, 0) is 10.0 Å². The topological polar surface area (TPSA) is 88.2 Å². The number of amides is 1. The average molecular weight is 384 g/mol. The van der Waals surface area contributed by atoms with Crippen LogP contribution in [0.25, 0.3) is 0 Å². The summed E-state index contributed by atoms with van der Waals surface area (Å²) in [5.74, 6) is -0.273. The van der Waals surface area contributed by atoms with Crippen LogP contribution in [0.4, 0.5) is 0 Å². The number of pyridine rings is 1. The zero-order valence-corrected chi connectivity index (χ0v) is 13.9. The molecule has 0 saturated heterocycles. The molecule has 8 heteroatoms. The van der Waals surface area contributed by atoms with Crippen molar-refractivity contribution in [3.8, 4) is 0 Å². The van der Waals surface area contributed by atoms with Gasteiger partial charge in [-0.15, -0.1) is 0 Å². The molecule has 6 nitrogen and oxygen atoms in total. The first-order chi connectivity index (χ1) is 10.5. The fraction of sp³-hybridized carbons (Fsp3) is 0.143. The first-order valence-electron chi connectivity index (χ1n) is 6.42. The SMILES string of the molecule is O=C(NCCNS(=O)(=O)c1ccc(Br)cc1)c1ccncc1. The number of carbonyl (C=O) groups is 1. The van der Waals surface area contributed by atoms with Crippen LogP contribution in [0.15, 0.2) is 58.2 Å². The van der Waals surface area contributed by atoms with E-state index < -0.39 is 10.0 Å². The van der Waals surface area contributed by atoms with Crippen LogP contribution in [-0.4, -0.2) is 32.4 Å². The van der Waals surface area contributed by atoms with Gasteiger partial charge in [-0.2, -0.15) is 0 Å². The molecule has 116 valence electrons. The molecule has 0 aliphatic rings. The van der Waals surface area contributed by atoms with Crippen LogP contribution in [0.5, 0.6) is 0 Å². The minimum Gasteiger partial charge on any atom is -0.351 e. The quantitative estimate of drug-likeness (QED) is 0.740. The van der Waals surface area contributed by atoms with Gasteiger partial charge in [-0.05, 0) is 36.4 Å². The molecule has 1 heterocycles. The third-order valence-electron chi connectivity index (χ3n) is 2.77. The van der Waals surface area contributed by atoms with Gasteiger partial charge < -0.3 is 5.32 Å². The zero-order chi connectivity index (χ0) is 16.0. The summed E-state index contributed by atoms with van der Waals surface area (Å²) in [6.45, 7) is 0.298. The molecular formula is C14H14BrN3O3S. The molecule has 22 heavy (non-hydrogen) atoms. The Morgan fingerprint density at radius 3 is 2.32 bits per heavy atom. The highest BCUT2D eigenvalue weighted by Gasteiger charge is 2.13. The van der Waals surface area contributed by atoms with E-state index in [9.17, 15) is 13.2 Å². The number of nitrogens with one attached hydrogen (secondary N) is 2. The number of halogens is 1. The molecule has 0 aliphatic carbocycles. The second-order valence-electron chi connectivity index (χ2n) is 4.34. The van der Waals surface area contributed by atoms with Crippen LogP contribution in [0.2, 0.25) is 0 Å². The van der Waals surface area contributed by atoms with E-state index in [1.54, 1.807) is 24.3 Å². The highest BCUT2D eigenvalue weighted by Crippen LogP contribution is 2.14. The fourth-order valence-electron chi connectivity index (χ4n) is 1.66. The molecule has 0 aliphatic heterocycles. The third-order valence-corrected chi connectivity index (χ3v) is 4.77. The standard InChI is InChI=1S/C14H14BrN3O3S/c15-12-1-3-13(4-2-12)22(20,21)18-10-9-17-14(19)11-5-7-16-8-6-11/h1-8,18H,9-10H2,(H,17,19). The smallest absolute Gasteiger partial charge is 0.251 e. The van der Waals surface area contributed by atoms with E-state index in [0.717, 1.165) is 4.47 Å². The largest absolute Gasteiger partial charge is 0.351 e. The summed E-state index contributed by atoms with van der Waals surface area (Å²) >= 11 is 3.25. The number of sulfonamides is 1. The fourth-order valence-corrected chi connectivity index (χ4v) is 2.96. The molecule has 0 radical (unpaired) electrons. The highest BCUT2D eigenvalue weighted by atomic mass is 79.9. The molecule has 0 fully saturated rings. The van der Waals surface area contributed by atoms with Crippen LogP contribution in [0.3, 0.4) is 0 Å². The van der Waals surface area contributed by atoms with Gasteiger partial charge in [0.1, 0.15) is 0 Å². The van der Waals surface area contributed by atoms with Crippen LogP contribution in [0, 0.1) is 0 Å². The number of benzene rings is 1. The van der Waals surface area contributed by atoms with Gasteiger partial charge in [-0.3, -0.25) is 9.78 Å². The summed E-state index contributed by atoms with van der Waals surface area (Å²) in [6.07, 6.45) is 3.04. The van der Waals surface area contributed by atoms with Crippen LogP contribution in [0.1, 0.15) is 10.4 Å². The molecule has 2 N–H and O–H groups in total. The van der Waals surface area contributed by atoms with Crippen molar-refractivity contribution in [1.29, 1.82) is 0 Å². The monoisotopic (exact) mass is 383 g/mol. The van der Waals surface area contributed by atoms with Gasteiger partial charge in [-0.25, -0.2) is 13.1 Å². The van der Waals surface area contributed by atoms with E-state index in [4.69, 9.17) is 0 Å². The summed E-state index contributed by atoms with van der Waals surface area (Å²) in [6, 6.07) is 9.48. The summed E-state index contributed by atoms with van der Waals surface area (Å²) in [5, 5.41) is 2.63. The normalized spacial score (nSPS) is 11.1. The molecule has 2 aromatic rings. The minimum absolute atomic E-state index is 0.106. The van der Waals surface area contributed by atoms with Gasteiger partial charge in [0.15, 0.2) is 0 Å². The van der Waals surface area contributed by atoms with Gasteiger partial charge in [0.05, 0.1) is 4.90 Å². The maximum Gasteiger partial charge on any atom is 0.251 e. The predicted molar refractivity (Wildman–Crippen MR) is 85.9 cm³/mol. The van der Waals surface area contributed by atoms with Gasteiger partial charge in [-0.1, -0.05) is 15.9 Å². The van der Waals surface area contributed by atoms with Crippen LogP contribution < -0.4 is 10.0 Å². The lowest BCUT2D eigenvalue weighted by molar-refractivity contribution is 0.0954. The van der Waals surface area contributed by atoms with Crippen molar-refractivity contribution >= 4 is 31.9 Å². The van der Waals surface area contributed by atoms with Crippen molar-refractivity contribution < 1.29 is 13.2 Å². The maximum absolute atomic E-state index is 12.0. The van der Waals surface area contributed by atoms with Crippen molar-refractivity contribution in [2.75, 3.05) is 13.1 Å². The van der Waals surface area contributed by atoms with Gasteiger partial charge in [0, 0.05) is 35.5 Å². The van der Waals surface area contributed by atoms with Crippen molar-refractivity contribution in [1.82, 2.24) is 15.0 Å². The van der Waals surface area contributed by atoms with Gasteiger partial charge in [0.25, 0.3) is 5.91 Å². The lowest BCUT2D eigenvalue weighted by Gasteiger charge is -2.08. The Hall–Kier alpha value is -1.77. The van der Waals surface area contributed by atoms with E-state index in [2.05, 4.69) is 31.0 Å². The molecule has 0 unspecified atom stereocenters. The van der Waals surface area contributed by atoms with Crippen molar-refractivity contribution in [3.05, 3.63) is 58.8 Å². The molecule has 0 bridgehead atoms. The van der Waals surface area contributed by atoms with Gasteiger partial charge in [0.2, 0.25) is 10.0 Å². The lowest BCUT2D eigenvalue weighted by atomic mass is 10.2. The summed E-state index contributed by atoms with van der Waals surface area (Å²) in [7, 11) is -3.57. The minimum atomic E-state index is -3.57. The second kappa shape index (κ2) is 7.48. The van der Waals surface area contributed by atoms with E-state index in [1.165, 1.54) is 24.5 Å². The Labute approximate surface area is 137 Å². The first-order valence-corrected chi connectivity index (χ1v) is 8.70. The van der Waals surface area contributed by atoms with E-state index in [-0.39, 0.29) is 23.9 Å². The summed E-state index contributed by atoms with van der Waals surface area (Å²) < 4.78 is 27.3. The molecule has 0 saturated carbocycles.